The van der Waals surface area contributed by atoms with Gasteiger partial charge in [-0.3, -0.25) is 14.5 Å². The van der Waals surface area contributed by atoms with Crippen molar-refractivity contribution in [2.24, 2.45) is 7.05 Å². The summed E-state index contributed by atoms with van der Waals surface area (Å²) in [4.78, 5) is 17.0. The average Bonchev–Trinajstić information content (AvgIpc) is 3.22. The van der Waals surface area contributed by atoms with E-state index in [0.717, 1.165) is 16.8 Å². The van der Waals surface area contributed by atoms with Gasteiger partial charge in [0, 0.05) is 43.2 Å². The molecule has 162 valence electrons. The summed E-state index contributed by atoms with van der Waals surface area (Å²) in [5.74, 6) is 0.332. The molecule has 2 heterocycles. The van der Waals surface area contributed by atoms with Crippen molar-refractivity contribution in [2.45, 2.75) is 13.5 Å². The van der Waals surface area contributed by atoms with Gasteiger partial charge in [-0.1, -0.05) is 23.7 Å². The summed E-state index contributed by atoms with van der Waals surface area (Å²) in [7, 11) is 1.84. The maximum absolute atomic E-state index is 13.6. The highest BCUT2D eigenvalue weighted by molar-refractivity contribution is 6.30. The van der Waals surface area contributed by atoms with E-state index in [1.807, 2.05) is 32.3 Å². The highest BCUT2D eigenvalue weighted by atomic mass is 35.5. The van der Waals surface area contributed by atoms with Crippen molar-refractivity contribution in [3.8, 4) is 22.8 Å². The molecule has 2 aromatic heterocycles. The number of aryl methyl sites for hydroxylation is 2. The van der Waals surface area contributed by atoms with Crippen LogP contribution in [0.1, 0.15) is 21.5 Å². The summed E-state index contributed by atoms with van der Waals surface area (Å²) in [6.45, 7) is 2.08. The van der Waals surface area contributed by atoms with Crippen LogP contribution in [0.5, 0.6) is 11.5 Å². The van der Waals surface area contributed by atoms with E-state index in [4.69, 9.17) is 16.3 Å². The summed E-state index contributed by atoms with van der Waals surface area (Å²) in [5.41, 5.74) is 3.53. The van der Waals surface area contributed by atoms with Crippen LogP contribution in [-0.2, 0) is 13.6 Å². The number of carbonyl (C=O) groups excluding carboxylic acids is 1. The second kappa shape index (κ2) is 9.20. The molecule has 32 heavy (non-hydrogen) atoms. The standard InChI is InChI=1S/C24H20ClFN4O2/c1-15-3-5-17(24(31)28-12-16-4-6-20(25)21(26)9-16)10-23(15)32-19-7-8-27-22(11-19)18-13-29-30(2)14-18/h3-11,13-14H,12H2,1-2H3,(H,28,31). The lowest BCUT2D eigenvalue weighted by atomic mass is 10.1. The van der Waals surface area contributed by atoms with Crippen molar-refractivity contribution < 1.29 is 13.9 Å². The van der Waals surface area contributed by atoms with Gasteiger partial charge in [-0.2, -0.15) is 5.10 Å². The van der Waals surface area contributed by atoms with Gasteiger partial charge in [0.1, 0.15) is 17.3 Å². The molecule has 4 rings (SSSR count). The zero-order chi connectivity index (χ0) is 22.7. The SMILES string of the molecule is Cc1ccc(C(=O)NCc2ccc(Cl)c(F)c2)cc1Oc1ccnc(-c2cnn(C)c2)c1. The Morgan fingerprint density at radius 2 is 2.03 bits per heavy atom. The third-order valence-electron chi connectivity index (χ3n) is 4.85. The van der Waals surface area contributed by atoms with Crippen molar-refractivity contribution in [1.82, 2.24) is 20.1 Å². The predicted octanol–water partition coefficient (Wildman–Crippen LogP) is 5.31. The maximum Gasteiger partial charge on any atom is 0.251 e. The molecule has 0 bridgehead atoms. The molecule has 4 aromatic rings. The number of carbonyl (C=O) groups is 1. The van der Waals surface area contributed by atoms with Crippen LogP contribution in [0.15, 0.2) is 67.1 Å². The third-order valence-corrected chi connectivity index (χ3v) is 5.15. The molecule has 0 atom stereocenters. The number of rotatable bonds is 6. The largest absolute Gasteiger partial charge is 0.457 e. The van der Waals surface area contributed by atoms with Crippen LogP contribution in [0, 0.1) is 12.7 Å². The second-order valence-electron chi connectivity index (χ2n) is 7.29. The van der Waals surface area contributed by atoms with Crippen molar-refractivity contribution >= 4 is 17.5 Å². The molecular weight excluding hydrogens is 431 g/mol. The van der Waals surface area contributed by atoms with Crippen LogP contribution in [0.4, 0.5) is 4.39 Å². The zero-order valence-electron chi connectivity index (χ0n) is 17.5. The normalized spacial score (nSPS) is 10.8. The minimum absolute atomic E-state index is 0.0446. The zero-order valence-corrected chi connectivity index (χ0v) is 18.2. The highest BCUT2D eigenvalue weighted by Gasteiger charge is 2.11. The van der Waals surface area contributed by atoms with Gasteiger partial charge in [-0.25, -0.2) is 4.39 Å². The number of pyridine rings is 1. The Kier molecular flexibility index (Phi) is 6.18. The predicted molar refractivity (Wildman–Crippen MR) is 120 cm³/mol. The minimum Gasteiger partial charge on any atom is -0.457 e. The second-order valence-corrected chi connectivity index (χ2v) is 7.70. The van der Waals surface area contributed by atoms with E-state index in [2.05, 4.69) is 15.4 Å². The molecule has 0 unspecified atom stereocenters. The fourth-order valence-corrected chi connectivity index (χ4v) is 3.22. The molecule has 8 heteroatoms. The molecule has 0 radical (unpaired) electrons. The number of benzene rings is 2. The van der Waals surface area contributed by atoms with Crippen molar-refractivity contribution in [1.29, 1.82) is 0 Å². The van der Waals surface area contributed by atoms with Crippen molar-refractivity contribution in [3.05, 3.63) is 94.7 Å². The van der Waals surface area contributed by atoms with Crippen LogP contribution in [0.3, 0.4) is 0 Å². The van der Waals surface area contributed by atoms with Crippen LogP contribution in [0.25, 0.3) is 11.3 Å². The molecule has 0 spiro atoms. The van der Waals surface area contributed by atoms with E-state index in [1.54, 1.807) is 41.3 Å². The first-order valence-electron chi connectivity index (χ1n) is 9.85. The Labute approximate surface area is 189 Å². The molecular formula is C24H20ClFN4O2. The van der Waals surface area contributed by atoms with Crippen LogP contribution in [0.2, 0.25) is 5.02 Å². The fourth-order valence-electron chi connectivity index (χ4n) is 3.10. The molecule has 0 fully saturated rings. The molecule has 0 saturated heterocycles. The molecule has 1 amide bonds. The molecule has 0 aliphatic heterocycles. The Hall–Kier alpha value is -3.71. The van der Waals surface area contributed by atoms with E-state index in [-0.39, 0.29) is 17.5 Å². The number of hydrogen-bond acceptors (Lipinski definition) is 4. The molecule has 2 aromatic carbocycles. The number of amides is 1. The number of halogens is 2. The minimum atomic E-state index is -0.521. The molecule has 1 N–H and O–H groups in total. The Balaban J connectivity index is 1.49. The molecule has 0 saturated carbocycles. The smallest absolute Gasteiger partial charge is 0.251 e. The summed E-state index contributed by atoms with van der Waals surface area (Å²) in [5, 5.41) is 6.99. The lowest BCUT2D eigenvalue weighted by molar-refractivity contribution is 0.0950. The molecule has 0 aliphatic rings. The van der Waals surface area contributed by atoms with E-state index in [1.165, 1.54) is 12.1 Å². The number of nitrogens with zero attached hydrogens (tertiary/aromatic N) is 3. The number of aromatic nitrogens is 3. The lowest BCUT2D eigenvalue weighted by Gasteiger charge is -2.12. The van der Waals surface area contributed by atoms with Crippen molar-refractivity contribution in [2.75, 3.05) is 0 Å². The summed E-state index contributed by atoms with van der Waals surface area (Å²) in [6.07, 6.45) is 5.26. The topological polar surface area (TPSA) is 69.0 Å². The van der Waals surface area contributed by atoms with Gasteiger partial charge < -0.3 is 10.1 Å². The van der Waals surface area contributed by atoms with Gasteiger partial charge >= 0.3 is 0 Å². The molecule has 6 nitrogen and oxygen atoms in total. The lowest BCUT2D eigenvalue weighted by Crippen LogP contribution is -2.22. The quantitative estimate of drug-likeness (QED) is 0.432. The van der Waals surface area contributed by atoms with Gasteiger partial charge in [-0.05, 0) is 48.4 Å². The van der Waals surface area contributed by atoms with E-state index < -0.39 is 5.82 Å². The fraction of sp³-hybridized carbons (Fsp3) is 0.125. The number of ether oxygens (including phenoxy) is 1. The maximum atomic E-state index is 13.6. The Morgan fingerprint density at radius 3 is 2.78 bits per heavy atom. The van der Waals surface area contributed by atoms with Crippen molar-refractivity contribution in [3.63, 3.8) is 0 Å². The summed E-state index contributed by atoms with van der Waals surface area (Å²) in [6, 6.07) is 13.2. The van der Waals surface area contributed by atoms with Gasteiger partial charge in [0.15, 0.2) is 0 Å². The average molecular weight is 451 g/mol. The first-order chi connectivity index (χ1) is 15.4. The van der Waals surface area contributed by atoms with Crippen LogP contribution >= 0.6 is 11.6 Å². The number of hydrogen-bond donors (Lipinski definition) is 1. The number of nitrogens with one attached hydrogen (secondary N) is 1. The Bertz CT molecular complexity index is 1290. The van der Waals surface area contributed by atoms with E-state index in [0.29, 0.717) is 22.6 Å². The van der Waals surface area contributed by atoms with Gasteiger partial charge in [0.05, 0.1) is 16.9 Å². The highest BCUT2D eigenvalue weighted by Crippen LogP contribution is 2.28. The van der Waals surface area contributed by atoms with E-state index >= 15 is 0 Å². The summed E-state index contributed by atoms with van der Waals surface area (Å²) < 4.78 is 21.4. The van der Waals surface area contributed by atoms with Gasteiger partial charge in [-0.15, -0.1) is 0 Å². The first-order valence-corrected chi connectivity index (χ1v) is 10.2. The van der Waals surface area contributed by atoms with Gasteiger partial charge in [0.25, 0.3) is 5.91 Å². The molecule has 0 aliphatic carbocycles. The van der Waals surface area contributed by atoms with Crippen LogP contribution < -0.4 is 10.1 Å². The first kappa shape index (κ1) is 21.5. The van der Waals surface area contributed by atoms with Gasteiger partial charge in [0.2, 0.25) is 0 Å². The Morgan fingerprint density at radius 1 is 1.19 bits per heavy atom. The monoisotopic (exact) mass is 450 g/mol. The van der Waals surface area contributed by atoms with E-state index in [9.17, 15) is 9.18 Å². The van der Waals surface area contributed by atoms with Crippen LogP contribution in [-0.4, -0.2) is 20.7 Å². The summed E-state index contributed by atoms with van der Waals surface area (Å²) >= 11 is 5.70. The third kappa shape index (κ3) is 4.95.